The quantitative estimate of drug-likeness (QED) is 0.517. The summed E-state index contributed by atoms with van der Waals surface area (Å²) in [6.07, 6.45) is 0. The predicted octanol–water partition coefficient (Wildman–Crippen LogP) is 1.35. The lowest BCUT2D eigenvalue weighted by atomic mass is 10.2. The van der Waals surface area contributed by atoms with Gasteiger partial charge in [0.2, 0.25) is 5.91 Å². The number of ether oxygens (including phenoxy) is 2. The van der Waals surface area contributed by atoms with Gasteiger partial charge in [-0.2, -0.15) is 8.42 Å². The monoisotopic (exact) mass is 402 g/mol. The van der Waals surface area contributed by atoms with Gasteiger partial charge >= 0.3 is 10.1 Å². The van der Waals surface area contributed by atoms with Crippen molar-refractivity contribution in [2.24, 2.45) is 0 Å². The summed E-state index contributed by atoms with van der Waals surface area (Å²) in [6.45, 7) is 4.57. The molecule has 0 aliphatic rings. The molecular weight excluding hydrogens is 372 g/mol. The van der Waals surface area contributed by atoms with Gasteiger partial charge in [-0.25, -0.2) is 0 Å². The number of carbonyl (C=O) groups is 1. The molecule has 0 aliphatic heterocycles. The maximum Gasteiger partial charge on any atom is 0.311 e. The Bertz CT molecular complexity index is 719. The van der Waals surface area contributed by atoms with Crippen LogP contribution >= 0.6 is 0 Å². The van der Waals surface area contributed by atoms with E-state index in [2.05, 4.69) is 0 Å². The van der Waals surface area contributed by atoms with Crippen molar-refractivity contribution >= 4 is 16.0 Å². The van der Waals surface area contributed by atoms with E-state index in [9.17, 15) is 13.2 Å². The van der Waals surface area contributed by atoms with Gasteiger partial charge in [0.15, 0.2) is 11.5 Å². The highest BCUT2D eigenvalue weighted by Gasteiger charge is 2.21. The zero-order valence-corrected chi connectivity index (χ0v) is 17.7. The second kappa shape index (κ2) is 10.5. The number of amides is 1. The van der Waals surface area contributed by atoms with Crippen LogP contribution in [0.4, 0.5) is 0 Å². The lowest BCUT2D eigenvalue weighted by Crippen LogP contribution is -2.38. The van der Waals surface area contributed by atoms with Crippen LogP contribution in [0, 0.1) is 0 Å². The fourth-order valence-corrected chi connectivity index (χ4v) is 2.73. The summed E-state index contributed by atoms with van der Waals surface area (Å²) in [7, 11) is 3.00. The molecule has 0 atom stereocenters. The zero-order chi connectivity index (χ0) is 20.6. The third-order valence-corrected chi connectivity index (χ3v) is 5.39. The molecule has 0 aliphatic carbocycles. The van der Waals surface area contributed by atoms with Gasteiger partial charge in [-0.15, -0.1) is 0 Å². The van der Waals surface area contributed by atoms with E-state index in [-0.39, 0.29) is 18.3 Å². The van der Waals surface area contributed by atoms with Crippen molar-refractivity contribution in [1.82, 2.24) is 9.80 Å². The number of hydrogen-bond donors (Lipinski definition) is 0. The zero-order valence-electron chi connectivity index (χ0n) is 16.9. The Balaban J connectivity index is 3.09. The minimum absolute atomic E-state index is 0.0192. The molecule has 0 radical (unpaired) electrons. The largest absolute Gasteiger partial charge is 0.493 e. The van der Waals surface area contributed by atoms with E-state index < -0.39 is 15.4 Å². The fraction of sp³-hybridized carbons (Fsp3) is 0.611. The van der Waals surface area contributed by atoms with Crippen molar-refractivity contribution in [3.05, 3.63) is 23.8 Å². The van der Waals surface area contributed by atoms with Gasteiger partial charge in [0.1, 0.15) is 6.61 Å². The third-order valence-electron chi connectivity index (χ3n) is 3.82. The minimum atomic E-state index is -3.76. The van der Waals surface area contributed by atoms with Crippen LogP contribution in [0.3, 0.4) is 0 Å². The van der Waals surface area contributed by atoms with Gasteiger partial charge in [-0.05, 0) is 45.6 Å². The average Bonchev–Trinajstić information content (AvgIpc) is 2.58. The van der Waals surface area contributed by atoms with Crippen molar-refractivity contribution in [2.45, 2.75) is 25.6 Å². The van der Waals surface area contributed by atoms with Gasteiger partial charge in [0.25, 0.3) is 0 Å². The van der Waals surface area contributed by atoms with Crippen LogP contribution in [0.25, 0.3) is 0 Å². The number of rotatable bonds is 11. The van der Waals surface area contributed by atoms with Crippen molar-refractivity contribution in [3.8, 4) is 11.5 Å². The Morgan fingerprint density at radius 3 is 2.30 bits per heavy atom. The molecule has 9 heteroatoms. The molecule has 1 aromatic carbocycles. The number of likely N-dealkylation sites (N-methyl/N-ethyl adjacent to an activating group) is 1. The van der Waals surface area contributed by atoms with Crippen LogP contribution in [0.1, 0.15) is 19.4 Å². The smallest absolute Gasteiger partial charge is 0.311 e. The Hall–Kier alpha value is -1.84. The van der Waals surface area contributed by atoms with Crippen molar-refractivity contribution in [1.29, 1.82) is 0 Å². The van der Waals surface area contributed by atoms with E-state index in [4.69, 9.17) is 13.7 Å². The summed E-state index contributed by atoms with van der Waals surface area (Å²) in [4.78, 5) is 16.0. The van der Waals surface area contributed by atoms with E-state index in [0.717, 1.165) is 5.56 Å². The molecular formula is C18H30N2O6S. The van der Waals surface area contributed by atoms with E-state index in [1.165, 1.54) is 28.1 Å². The molecule has 0 unspecified atom stereocenters. The summed E-state index contributed by atoms with van der Waals surface area (Å²) in [5.74, 6) is 0.272. The molecule has 27 heavy (non-hydrogen) atoms. The first kappa shape index (κ1) is 23.2. The van der Waals surface area contributed by atoms with Gasteiger partial charge in [0.05, 0.1) is 12.4 Å². The average molecular weight is 403 g/mol. The Labute approximate surface area is 162 Å². The summed E-state index contributed by atoms with van der Waals surface area (Å²) >= 11 is 0. The first-order chi connectivity index (χ1) is 12.6. The van der Waals surface area contributed by atoms with E-state index >= 15 is 0 Å². The summed E-state index contributed by atoms with van der Waals surface area (Å²) < 4.78 is 39.6. The van der Waals surface area contributed by atoms with E-state index in [1.807, 2.05) is 19.0 Å². The fourth-order valence-electron chi connectivity index (χ4n) is 2.15. The maximum absolute atomic E-state index is 12.3. The van der Waals surface area contributed by atoms with Crippen LogP contribution in [-0.4, -0.2) is 77.4 Å². The molecule has 1 aromatic rings. The van der Waals surface area contributed by atoms with Crippen LogP contribution in [0.2, 0.25) is 0 Å². The van der Waals surface area contributed by atoms with E-state index in [1.54, 1.807) is 23.1 Å². The Kier molecular flexibility index (Phi) is 9.01. The molecule has 0 heterocycles. The van der Waals surface area contributed by atoms with Crippen molar-refractivity contribution < 1.29 is 26.9 Å². The molecule has 154 valence electrons. The maximum atomic E-state index is 12.3. The van der Waals surface area contributed by atoms with Gasteiger partial charge in [-0.3, -0.25) is 4.79 Å². The number of methoxy groups -OCH3 is 2. The molecule has 0 fully saturated rings. The van der Waals surface area contributed by atoms with Crippen molar-refractivity contribution in [3.63, 3.8) is 0 Å². The molecule has 0 bridgehead atoms. The Morgan fingerprint density at radius 2 is 1.78 bits per heavy atom. The topological polar surface area (TPSA) is 85.4 Å². The minimum Gasteiger partial charge on any atom is -0.493 e. The molecule has 0 aromatic heterocycles. The Morgan fingerprint density at radius 1 is 1.11 bits per heavy atom. The van der Waals surface area contributed by atoms with Crippen LogP contribution in [0.5, 0.6) is 11.5 Å². The molecule has 0 saturated carbocycles. The first-order valence-corrected chi connectivity index (χ1v) is 10.1. The molecule has 0 spiro atoms. The lowest BCUT2D eigenvalue weighted by molar-refractivity contribution is -0.135. The SMILES string of the molecule is COCC(=O)N(CCN(C)C)Cc1ccc(OC)c(OS(=O)(=O)C(C)C)c1. The lowest BCUT2D eigenvalue weighted by Gasteiger charge is -2.24. The number of carbonyl (C=O) groups excluding carboxylic acids is 1. The molecule has 1 rings (SSSR count). The number of nitrogens with zero attached hydrogens (tertiary/aromatic N) is 2. The van der Waals surface area contributed by atoms with Gasteiger partial charge < -0.3 is 23.5 Å². The third kappa shape index (κ3) is 7.36. The molecule has 1 amide bonds. The number of hydrogen-bond acceptors (Lipinski definition) is 7. The van der Waals surface area contributed by atoms with Crippen LogP contribution < -0.4 is 8.92 Å². The molecule has 8 nitrogen and oxygen atoms in total. The highest BCUT2D eigenvalue weighted by molar-refractivity contribution is 7.87. The second-order valence-electron chi connectivity index (χ2n) is 6.66. The van der Waals surface area contributed by atoms with Crippen LogP contribution in [0.15, 0.2) is 18.2 Å². The highest BCUT2D eigenvalue weighted by atomic mass is 32.2. The highest BCUT2D eigenvalue weighted by Crippen LogP contribution is 2.30. The van der Waals surface area contributed by atoms with Gasteiger partial charge in [0, 0.05) is 26.7 Å². The normalized spacial score (nSPS) is 11.7. The van der Waals surface area contributed by atoms with E-state index in [0.29, 0.717) is 25.4 Å². The van der Waals surface area contributed by atoms with Crippen molar-refractivity contribution in [2.75, 3.05) is 48.0 Å². The standard InChI is InChI=1S/C18H30N2O6S/c1-14(2)27(22,23)26-17-11-15(7-8-16(17)25-6)12-20(10-9-19(3)4)18(21)13-24-5/h7-8,11,14H,9-10,12-13H2,1-6H3. The second-order valence-corrected chi connectivity index (χ2v) is 8.76. The molecule has 0 saturated heterocycles. The van der Waals surface area contributed by atoms with Crippen LogP contribution in [-0.2, 0) is 26.2 Å². The first-order valence-electron chi connectivity index (χ1n) is 8.62. The summed E-state index contributed by atoms with van der Waals surface area (Å²) in [6, 6.07) is 4.99. The van der Waals surface area contributed by atoms with Gasteiger partial charge in [-0.1, -0.05) is 6.07 Å². The summed E-state index contributed by atoms with van der Waals surface area (Å²) in [5, 5.41) is -0.689. The number of benzene rings is 1. The predicted molar refractivity (Wildman–Crippen MR) is 104 cm³/mol. The molecule has 0 N–H and O–H groups in total. The summed E-state index contributed by atoms with van der Waals surface area (Å²) in [5.41, 5.74) is 0.730.